The Hall–Kier alpha value is -1.02. The molecule has 1 aromatic rings. The Balaban J connectivity index is 2.70. The van der Waals surface area contributed by atoms with Crippen LogP contribution >= 0.6 is 0 Å². The third kappa shape index (κ3) is 3.56. The van der Waals surface area contributed by atoms with E-state index in [1.807, 2.05) is 25.1 Å². The molecule has 1 rings (SSSR count). The number of nitrogens with two attached hydrogens (primary N) is 1. The maximum Gasteiger partial charge on any atom is 0.119 e. The van der Waals surface area contributed by atoms with E-state index in [0.717, 1.165) is 24.8 Å². The van der Waals surface area contributed by atoms with Gasteiger partial charge in [-0.1, -0.05) is 25.1 Å². The van der Waals surface area contributed by atoms with Gasteiger partial charge in [-0.25, -0.2) is 0 Å². The molecule has 0 radical (unpaired) electrons. The van der Waals surface area contributed by atoms with E-state index < -0.39 is 0 Å². The largest absolute Gasteiger partial charge is 0.508 e. The minimum atomic E-state index is 0.241. The Morgan fingerprint density at radius 2 is 1.93 bits per heavy atom. The monoisotopic (exact) mass is 207 g/mol. The summed E-state index contributed by atoms with van der Waals surface area (Å²) in [5, 5.41) is 9.75. The summed E-state index contributed by atoms with van der Waals surface area (Å²) in [6.07, 6.45) is 3.10. The maximum absolute atomic E-state index is 9.75. The number of hydrogen-bond acceptors (Lipinski definition) is 2. The van der Waals surface area contributed by atoms with Crippen LogP contribution in [0.2, 0.25) is 0 Å². The predicted octanol–water partition coefficient (Wildman–Crippen LogP) is 3.01. The predicted molar refractivity (Wildman–Crippen MR) is 64.0 cm³/mol. The third-order valence-corrected chi connectivity index (χ3v) is 2.84. The lowest BCUT2D eigenvalue weighted by atomic mass is 9.90. The molecule has 0 amide bonds. The van der Waals surface area contributed by atoms with Gasteiger partial charge >= 0.3 is 0 Å². The van der Waals surface area contributed by atoms with Gasteiger partial charge in [0.15, 0.2) is 0 Å². The van der Waals surface area contributed by atoms with Gasteiger partial charge in [0.2, 0.25) is 0 Å². The fourth-order valence-electron chi connectivity index (χ4n) is 1.88. The summed E-state index contributed by atoms with van der Waals surface area (Å²) in [6.45, 7) is 4.18. The second-order valence-electron chi connectivity index (χ2n) is 4.22. The highest BCUT2D eigenvalue weighted by Crippen LogP contribution is 2.31. The first-order chi connectivity index (χ1) is 7.15. The number of phenolic OH excluding ortho intramolecular Hbond substituents is 1. The Bertz CT molecular complexity index is 296. The van der Waals surface area contributed by atoms with E-state index in [4.69, 9.17) is 5.73 Å². The average molecular weight is 207 g/mol. The van der Waals surface area contributed by atoms with Crippen molar-refractivity contribution in [1.29, 1.82) is 0 Å². The van der Waals surface area contributed by atoms with Gasteiger partial charge in [0, 0.05) is 6.04 Å². The van der Waals surface area contributed by atoms with Crippen molar-refractivity contribution < 1.29 is 5.11 Å². The molecule has 2 unspecified atom stereocenters. The highest BCUT2D eigenvalue weighted by atomic mass is 16.3. The summed E-state index contributed by atoms with van der Waals surface area (Å²) in [4.78, 5) is 0. The lowest BCUT2D eigenvalue weighted by Crippen LogP contribution is -2.15. The fourth-order valence-corrected chi connectivity index (χ4v) is 1.88. The van der Waals surface area contributed by atoms with Gasteiger partial charge < -0.3 is 10.8 Å². The van der Waals surface area contributed by atoms with E-state index >= 15 is 0 Å². The van der Waals surface area contributed by atoms with E-state index in [2.05, 4.69) is 6.92 Å². The minimum Gasteiger partial charge on any atom is -0.508 e. The molecular formula is C13H21NO. The topological polar surface area (TPSA) is 46.2 Å². The fraction of sp³-hybridized carbons (Fsp3) is 0.538. The molecule has 2 heteroatoms. The first-order valence-corrected chi connectivity index (χ1v) is 5.68. The molecule has 0 saturated heterocycles. The molecule has 0 aromatic heterocycles. The molecule has 0 aliphatic heterocycles. The molecule has 0 spiro atoms. The molecule has 2 atom stereocenters. The summed E-state index contributed by atoms with van der Waals surface area (Å²) in [6, 6.07) is 7.83. The minimum absolute atomic E-state index is 0.241. The molecule has 1 aromatic carbocycles. The van der Waals surface area contributed by atoms with Crippen LogP contribution in [-0.4, -0.2) is 11.1 Å². The number of benzene rings is 1. The number of para-hydroxylation sites is 1. The molecule has 2 nitrogen and oxygen atoms in total. The Morgan fingerprint density at radius 1 is 1.27 bits per heavy atom. The molecular weight excluding hydrogens is 186 g/mol. The van der Waals surface area contributed by atoms with E-state index in [1.54, 1.807) is 6.07 Å². The van der Waals surface area contributed by atoms with Crippen LogP contribution in [0.4, 0.5) is 0 Å². The zero-order valence-corrected chi connectivity index (χ0v) is 9.61. The third-order valence-electron chi connectivity index (χ3n) is 2.84. The van der Waals surface area contributed by atoms with Crippen molar-refractivity contribution in [2.24, 2.45) is 5.73 Å². The zero-order chi connectivity index (χ0) is 11.3. The highest BCUT2D eigenvalue weighted by Gasteiger charge is 2.13. The molecule has 0 fully saturated rings. The van der Waals surface area contributed by atoms with Crippen LogP contribution in [0, 0.1) is 0 Å². The Kier molecular flexibility index (Phi) is 4.63. The van der Waals surface area contributed by atoms with Crippen LogP contribution < -0.4 is 5.73 Å². The summed E-state index contributed by atoms with van der Waals surface area (Å²) in [7, 11) is 0. The first kappa shape index (κ1) is 12.1. The lowest BCUT2D eigenvalue weighted by Gasteiger charge is -2.17. The van der Waals surface area contributed by atoms with Gasteiger partial charge in [-0.15, -0.1) is 0 Å². The van der Waals surface area contributed by atoms with Crippen molar-refractivity contribution in [1.82, 2.24) is 0 Å². The molecule has 0 aliphatic carbocycles. The quantitative estimate of drug-likeness (QED) is 0.779. The summed E-state index contributed by atoms with van der Waals surface area (Å²) < 4.78 is 0. The second-order valence-corrected chi connectivity index (χ2v) is 4.22. The summed E-state index contributed by atoms with van der Waals surface area (Å²) >= 11 is 0. The first-order valence-electron chi connectivity index (χ1n) is 5.68. The van der Waals surface area contributed by atoms with Crippen LogP contribution in [0.15, 0.2) is 24.3 Å². The summed E-state index contributed by atoms with van der Waals surface area (Å²) in [5.74, 6) is 0.839. The van der Waals surface area contributed by atoms with Gasteiger partial charge in [-0.3, -0.25) is 0 Å². The highest BCUT2D eigenvalue weighted by molar-refractivity contribution is 5.34. The van der Waals surface area contributed by atoms with Crippen molar-refractivity contribution in [2.45, 2.75) is 45.1 Å². The van der Waals surface area contributed by atoms with E-state index in [0.29, 0.717) is 11.7 Å². The summed E-state index contributed by atoms with van der Waals surface area (Å²) in [5.41, 5.74) is 6.81. The van der Waals surface area contributed by atoms with Crippen LogP contribution in [-0.2, 0) is 0 Å². The van der Waals surface area contributed by atoms with Gasteiger partial charge in [-0.2, -0.15) is 0 Å². The van der Waals surface area contributed by atoms with E-state index in [9.17, 15) is 5.11 Å². The van der Waals surface area contributed by atoms with E-state index in [1.165, 1.54) is 0 Å². The molecule has 0 aliphatic rings. The number of rotatable bonds is 5. The maximum atomic E-state index is 9.75. The van der Waals surface area contributed by atoms with Gasteiger partial charge in [0.1, 0.15) is 5.75 Å². The average Bonchev–Trinajstić information content (AvgIpc) is 2.21. The molecule has 0 saturated carbocycles. The van der Waals surface area contributed by atoms with Crippen molar-refractivity contribution in [3.05, 3.63) is 29.8 Å². The van der Waals surface area contributed by atoms with Crippen LogP contribution in [0.1, 0.15) is 44.6 Å². The van der Waals surface area contributed by atoms with Crippen LogP contribution in [0.25, 0.3) is 0 Å². The van der Waals surface area contributed by atoms with Gasteiger partial charge in [-0.05, 0) is 43.7 Å². The number of hydrogen-bond donors (Lipinski definition) is 2. The molecule has 84 valence electrons. The van der Waals surface area contributed by atoms with E-state index in [-0.39, 0.29) is 6.04 Å². The van der Waals surface area contributed by atoms with Crippen LogP contribution in [0.3, 0.4) is 0 Å². The molecule has 3 N–H and O–H groups in total. The zero-order valence-electron chi connectivity index (χ0n) is 9.61. The number of aromatic hydroxyl groups is 1. The number of phenols is 1. The van der Waals surface area contributed by atoms with Gasteiger partial charge in [0.05, 0.1) is 0 Å². The Labute approximate surface area is 92.1 Å². The van der Waals surface area contributed by atoms with Crippen molar-refractivity contribution in [3.63, 3.8) is 0 Å². The Morgan fingerprint density at radius 3 is 2.47 bits per heavy atom. The van der Waals surface area contributed by atoms with Gasteiger partial charge in [0.25, 0.3) is 0 Å². The SMILES string of the molecule is CCC(CCC(C)N)c1ccccc1O. The van der Waals surface area contributed by atoms with Crippen molar-refractivity contribution in [3.8, 4) is 5.75 Å². The molecule has 0 heterocycles. The molecule has 0 bridgehead atoms. The van der Waals surface area contributed by atoms with Crippen molar-refractivity contribution in [2.75, 3.05) is 0 Å². The normalized spacial score (nSPS) is 14.9. The smallest absolute Gasteiger partial charge is 0.119 e. The second kappa shape index (κ2) is 5.76. The molecule has 15 heavy (non-hydrogen) atoms. The lowest BCUT2D eigenvalue weighted by molar-refractivity contribution is 0.449. The standard InChI is InChI=1S/C13H21NO/c1-3-11(9-8-10(2)14)12-6-4-5-7-13(12)15/h4-7,10-11,15H,3,8-9,14H2,1-2H3. The van der Waals surface area contributed by atoms with Crippen LogP contribution in [0.5, 0.6) is 5.75 Å². The van der Waals surface area contributed by atoms with Crippen molar-refractivity contribution >= 4 is 0 Å².